The van der Waals surface area contributed by atoms with Crippen LogP contribution in [0.15, 0.2) is 0 Å². The van der Waals surface area contributed by atoms with Gasteiger partial charge in [-0.3, -0.25) is 0 Å². The lowest BCUT2D eigenvalue weighted by atomic mass is 10.2. The van der Waals surface area contributed by atoms with Gasteiger partial charge in [0, 0.05) is 6.61 Å². The second-order valence-corrected chi connectivity index (χ2v) is 3.76. The van der Waals surface area contributed by atoms with Crippen LogP contribution in [0.25, 0.3) is 0 Å². The predicted molar refractivity (Wildman–Crippen MR) is 53.7 cm³/mol. The zero-order valence-corrected chi connectivity index (χ0v) is 8.92. The molecule has 0 aromatic heterocycles. The average Bonchev–Trinajstić information content (AvgIpc) is 2.88. The van der Waals surface area contributed by atoms with Gasteiger partial charge in [-0.05, 0) is 12.8 Å². The van der Waals surface area contributed by atoms with Crippen molar-refractivity contribution in [3.05, 3.63) is 0 Å². The third kappa shape index (κ3) is 4.63. The standard InChI is InChI=1S/C11H22O2/c1-3-5-7-9-12-11-10(13-11)8-6-4-2/h10-11H,3-9H2,1-2H3. The number of ether oxygens (including phenoxy) is 2. The summed E-state index contributed by atoms with van der Waals surface area (Å²) in [6.07, 6.45) is 7.96. The van der Waals surface area contributed by atoms with Gasteiger partial charge in [0.25, 0.3) is 0 Å². The highest BCUT2D eigenvalue weighted by Gasteiger charge is 2.38. The molecule has 2 nitrogen and oxygen atoms in total. The van der Waals surface area contributed by atoms with E-state index in [1.165, 1.54) is 38.5 Å². The summed E-state index contributed by atoms with van der Waals surface area (Å²) < 4.78 is 10.9. The molecule has 1 saturated heterocycles. The first-order valence-electron chi connectivity index (χ1n) is 5.65. The van der Waals surface area contributed by atoms with Gasteiger partial charge < -0.3 is 9.47 Å². The van der Waals surface area contributed by atoms with Crippen molar-refractivity contribution in [2.45, 2.75) is 64.8 Å². The molecule has 1 aliphatic rings. The molecule has 1 aliphatic heterocycles. The Morgan fingerprint density at radius 1 is 1.08 bits per heavy atom. The van der Waals surface area contributed by atoms with Gasteiger partial charge in [-0.2, -0.15) is 0 Å². The van der Waals surface area contributed by atoms with Crippen molar-refractivity contribution < 1.29 is 9.47 Å². The Kier molecular flexibility index (Phi) is 5.40. The predicted octanol–water partition coefficient (Wildman–Crippen LogP) is 3.11. The molecule has 0 aliphatic carbocycles. The summed E-state index contributed by atoms with van der Waals surface area (Å²) in [4.78, 5) is 0. The highest BCUT2D eigenvalue weighted by atomic mass is 16.8. The van der Waals surface area contributed by atoms with E-state index in [0.717, 1.165) is 6.61 Å². The van der Waals surface area contributed by atoms with E-state index in [1.807, 2.05) is 0 Å². The summed E-state index contributed by atoms with van der Waals surface area (Å²) >= 11 is 0. The monoisotopic (exact) mass is 186 g/mol. The van der Waals surface area contributed by atoms with Crippen molar-refractivity contribution in [2.24, 2.45) is 0 Å². The zero-order chi connectivity index (χ0) is 9.52. The molecule has 13 heavy (non-hydrogen) atoms. The minimum absolute atomic E-state index is 0.142. The molecule has 2 atom stereocenters. The summed E-state index contributed by atoms with van der Waals surface area (Å²) in [6.45, 7) is 5.29. The number of unbranched alkanes of at least 4 members (excludes halogenated alkanes) is 3. The second kappa shape index (κ2) is 6.39. The molecule has 0 spiro atoms. The minimum Gasteiger partial charge on any atom is -0.350 e. The van der Waals surface area contributed by atoms with Gasteiger partial charge in [-0.1, -0.05) is 39.5 Å². The minimum atomic E-state index is 0.142. The van der Waals surface area contributed by atoms with Gasteiger partial charge in [0.15, 0.2) is 6.29 Å². The number of hydrogen-bond acceptors (Lipinski definition) is 2. The van der Waals surface area contributed by atoms with Gasteiger partial charge in [0.05, 0.1) is 0 Å². The Morgan fingerprint density at radius 3 is 2.54 bits per heavy atom. The van der Waals surface area contributed by atoms with E-state index in [1.54, 1.807) is 0 Å². The largest absolute Gasteiger partial charge is 0.350 e. The van der Waals surface area contributed by atoms with E-state index < -0.39 is 0 Å². The van der Waals surface area contributed by atoms with Crippen LogP contribution in [-0.4, -0.2) is 19.0 Å². The second-order valence-electron chi connectivity index (χ2n) is 3.76. The first kappa shape index (κ1) is 11.0. The first-order valence-corrected chi connectivity index (χ1v) is 5.65. The summed E-state index contributed by atoms with van der Waals surface area (Å²) in [7, 11) is 0. The molecule has 0 saturated carbocycles. The van der Waals surface area contributed by atoms with Crippen LogP contribution in [0.4, 0.5) is 0 Å². The highest BCUT2D eigenvalue weighted by Crippen LogP contribution is 2.28. The van der Waals surface area contributed by atoms with Gasteiger partial charge in [0.2, 0.25) is 0 Å². The van der Waals surface area contributed by atoms with Crippen LogP contribution in [0.2, 0.25) is 0 Å². The van der Waals surface area contributed by atoms with Crippen LogP contribution in [0.3, 0.4) is 0 Å². The number of rotatable bonds is 8. The summed E-state index contributed by atoms with van der Waals surface area (Å²) in [6, 6.07) is 0. The number of epoxide rings is 1. The fourth-order valence-corrected chi connectivity index (χ4v) is 1.43. The normalized spacial score (nSPS) is 26.3. The van der Waals surface area contributed by atoms with Crippen molar-refractivity contribution in [1.29, 1.82) is 0 Å². The van der Waals surface area contributed by atoms with Crippen LogP contribution < -0.4 is 0 Å². The molecule has 0 bridgehead atoms. The Bertz CT molecular complexity index is 125. The van der Waals surface area contributed by atoms with Crippen LogP contribution in [0.5, 0.6) is 0 Å². The molecular formula is C11H22O2. The topological polar surface area (TPSA) is 21.8 Å². The maximum Gasteiger partial charge on any atom is 0.184 e. The highest BCUT2D eigenvalue weighted by molar-refractivity contribution is 4.76. The lowest BCUT2D eigenvalue weighted by molar-refractivity contribution is 0.0480. The Balaban J connectivity index is 1.83. The molecular weight excluding hydrogens is 164 g/mol. The van der Waals surface area contributed by atoms with E-state index >= 15 is 0 Å². The van der Waals surface area contributed by atoms with E-state index in [9.17, 15) is 0 Å². The Hall–Kier alpha value is -0.0800. The lowest BCUT2D eigenvalue weighted by Crippen LogP contribution is -2.01. The third-order valence-electron chi connectivity index (χ3n) is 2.41. The maximum absolute atomic E-state index is 5.54. The lowest BCUT2D eigenvalue weighted by Gasteiger charge is -1.98. The Morgan fingerprint density at radius 2 is 1.85 bits per heavy atom. The van der Waals surface area contributed by atoms with Crippen LogP contribution in [-0.2, 0) is 9.47 Å². The molecule has 1 rings (SSSR count). The molecule has 0 amide bonds. The quantitative estimate of drug-likeness (QED) is 0.429. The van der Waals surface area contributed by atoms with Crippen LogP contribution in [0.1, 0.15) is 52.4 Å². The van der Waals surface area contributed by atoms with E-state index in [2.05, 4.69) is 13.8 Å². The van der Waals surface area contributed by atoms with Gasteiger partial charge in [-0.15, -0.1) is 0 Å². The Labute approximate surface area is 81.6 Å². The van der Waals surface area contributed by atoms with Crippen molar-refractivity contribution in [3.8, 4) is 0 Å². The van der Waals surface area contributed by atoms with Crippen LogP contribution >= 0.6 is 0 Å². The third-order valence-corrected chi connectivity index (χ3v) is 2.41. The van der Waals surface area contributed by atoms with Crippen molar-refractivity contribution >= 4 is 0 Å². The first-order chi connectivity index (χ1) is 6.38. The molecule has 1 heterocycles. The molecule has 2 heteroatoms. The summed E-state index contributed by atoms with van der Waals surface area (Å²) in [5, 5.41) is 0. The maximum atomic E-state index is 5.54. The number of hydrogen-bond donors (Lipinski definition) is 0. The molecule has 78 valence electrons. The molecule has 1 fully saturated rings. The summed E-state index contributed by atoms with van der Waals surface area (Å²) in [5.41, 5.74) is 0. The van der Waals surface area contributed by atoms with Gasteiger partial charge >= 0.3 is 0 Å². The molecule has 0 aromatic carbocycles. The van der Waals surface area contributed by atoms with Gasteiger partial charge in [0.1, 0.15) is 6.10 Å². The van der Waals surface area contributed by atoms with E-state index in [0.29, 0.717) is 6.10 Å². The fraction of sp³-hybridized carbons (Fsp3) is 1.00. The SMILES string of the molecule is CCCCCOC1OC1CCCC. The van der Waals surface area contributed by atoms with Crippen molar-refractivity contribution in [2.75, 3.05) is 6.61 Å². The van der Waals surface area contributed by atoms with E-state index in [4.69, 9.17) is 9.47 Å². The van der Waals surface area contributed by atoms with Crippen LogP contribution in [0, 0.1) is 0 Å². The molecule has 2 unspecified atom stereocenters. The zero-order valence-electron chi connectivity index (χ0n) is 8.92. The fourth-order valence-electron chi connectivity index (χ4n) is 1.43. The average molecular weight is 186 g/mol. The summed E-state index contributed by atoms with van der Waals surface area (Å²) in [5.74, 6) is 0. The molecule has 0 radical (unpaired) electrons. The van der Waals surface area contributed by atoms with Crippen molar-refractivity contribution in [1.82, 2.24) is 0 Å². The van der Waals surface area contributed by atoms with Gasteiger partial charge in [-0.25, -0.2) is 0 Å². The smallest absolute Gasteiger partial charge is 0.184 e. The van der Waals surface area contributed by atoms with E-state index in [-0.39, 0.29) is 6.29 Å². The van der Waals surface area contributed by atoms with Crippen molar-refractivity contribution in [3.63, 3.8) is 0 Å². The molecule has 0 aromatic rings. The molecule has 0 N–H and O–H groups in total.